The fourth-order valence-electron chi connectivity index (χ4n) is 7.77. The molecule has 0 saturated carbocycles. The average molecular weight is 629 g/mol. The van der Waals surface area contributed by atoms with Gasteiger partial charge in [-0.15, -0.1) is 0 Å². The first-order chi connectivity index (χ1) is 20.6. The Labute approximate surface area is 268 Å². The second-order valence-corrected chi connectivity index (χ2v) is 15.1. The molecule has 5 nitrogen and oxygen atoms in total. The second-order valence-electron chi connectivity index (χ2n) is 13.2. The van der Waals surface area contributed by atoms with Crippen molar-refractivity contribution in [2.24, 2.45) is 23.7 Å². The van der Waals surface area contributed by atoms with E-state index < -0.39 is 11.0 Å². The summed E-state index contributed by atoms with van der Waals surface area (Å²) >= 11 is 6.43. The van der Waals surface area contributed by atoms with Gasteiger partial charge in [0.05, 0.1) is 17.5 Å². The van der Waals surface area contributed by atoms with Crippen LogP contribution in [-0.4, -0.2) is 35.1 Å². The van der Waals surface area contributed by atoms with E-state index in [1.807, 2.05) is 45.0 Å². The van der Waals surface area contributed by atoms with Crippen molar-refractivity contribution in [2.45, 2.75) is 104 Å². The summed E-state index contributed by atoms with van der Waals surface area (Å²) in [4.78, 5) is 15.9. The van der Waals surface area contributed by atoms with E-state index in [4.69, 9.17) is 16.3 Å². The number of hydrogen-bond acceptors (Lipinski definition) is 4. The van der Waals surface area contributed by atoms with E-state index in [1.54, 1.807) is 0 Å². The lowest BCUT2D eigenvalue weighted by molar-refractivity contribution is 0.0982. The van der Waals surface area contributed by atoms with Crippen molar-refractivity contribution in [1.82, 2.24) is 4.72 Å². The van der Waals surface area contributed by atoms with Crippen LogP contribution in [0, 0.1) is 23.7 Å². The molecule has 5 rings (SSSR count). The molecule has 238 valence electrons. The third-order valence-corrected chi connectivity index (χ3v) is 12.2. The molecule has 7 heteroatoms. The Morgan fingerprint density at radius 2 is 1.77 bits per heavy atom. The topological polar surface area (TPSA) is 58.6 Å². The van der Waals surface area contributed by atoms with Crippen LogP contribution in [0.4, 0.5) is 5.69 Å². The van der Waals surface area contributed by atoms with Gasteiger partial charge in [0.1, 0.15) is 16.7 Å². The molecule has 0 saturated heterocycles. The predicted octanol–water partition coefficient (Wildman–Crippen LogP) is 8.74. The summed E-state index contributed by atoms with van der Waals surface area (Å²) in [5, 5.41) is 0.678. The molecule has 43 heavy (non-hydrogen) atoms. The number of amides is 1. The van der Waals surface area contributed by atoms with Gasteiger partial charge in [0.25, 0.3) is 5.91 Å². The molecule has 0 radical (unpaired) electrons. The maximum absolute atomic E-state index is 13.4. The number of fused-ring (bicyclic) bond motifs is 3. The van der Waals surface area contributed by atoms with Crippen molar-refractivity contribution in [3.05, 3.63) is 58.1 Å². The lowest BCUT2D eigenvalue weighted by Gasteiger charge is -2.42. The van der Waals surface area contributed by atoms with Crippen LogP contribution in [-0.2, 0) is 22.8 Å². The number of rotatable bonds is 1. The third-order valence-electron chi connectivity index (χ3n) is 10.4. The van der Waals surface area contributed by atoms with Gasteiger partial charge in [-0.05, 0) is 97.7 Å². The molecular weight excluding hydrogens is 576 g/mol. The first-order valence-corrected chi connectivity index (χ1v) is 18.2. The van der Waals surface area contributed by atoms with Crippen molar-refractivity contribution < 1.29 is 13.7 Å². The molecule has 2 bridgehead atoms. The van der Waals surface area contributed by atoms with Crippen molar-refractivity contribution in [2.75, 3.05) is 24.6 Å². The SMILES string of the molecule is CC.CCC1C(C)CCCC(C)C(C)S(=O)NC(=O)c2ccc3c(c2)N(CC1C)C[C@@]1(CCCc2cc(Cl)ccc21)CO3. The lowest BCUT2D eigenvalue weighted by Crippen LogP contribution is -2.47. The summed E-state index contributed by atoms with van der Waals surface area (Å²) in [6.07, 6.45) is 7.63. The fraction of sp³-hybridized carbons (Fsp3) is 0.639. The number of benzene rings is 2. The van der Waals surface area contributed by atoms with Crippen LogP contribution in [0.2, 0.25) is 5.02 Å². The molecule has 1 aliphatic carbocycles. The first kappa shape index (κ1) is 33.8. The lowest BCUT2D eigenvalue weighted by atomic mass is 9.70. The number of aryl methyl sites for hydroxylation is 1. The van der Waals surface area contributed by atoms with Crippen LogP contribution >= 0.6 is 11.6 Å². The minimum Gasteiger partial charge on any atom is -0.490 e. The molecule has 0 fully saturated rings. The van der Waals surface area contributed by atoms with Crippen LogP contribution in [0.25, 0.3) is 0 Å². The van der Waals surface area contributed by atoms with Gasteiger partial charge in [0.15, 0.2) is 0 Å². The standard InChI is InChI=1S/C34H47ClN2O3S.C2H6/c1-6-29-23(3)10-7-9-22(2)25(5)41(39)36-33(38)27-12-15-32-31(18-27)37(19-24(29)4)20-34(21-40-32)16-8-11-26-17-28(35)13-14-30(26)34;1-2/h12-15,17-18,22-25,29H,6-11,16,19-21H2,1-5H3,(H,36,38);1-2H3/t22?,23?,24?,25?,29?,34-,41?;/m0./s1. The molecule has 2 aliphatic heterocycles. The molecule has 1 amide bonds. The number of carbonyl (C=O) groups excluding carboxylic acids is 1. The molecule has 0 aromatic heterocycles. The van der Waals surface area contributed by atoms with Crippen LogP contribution in [0.5, 0.6) is 5.75 Å². The maximum atomic E-state index is 13.4. The molecule has 2 aromatic carbocycles. The van der Waals surface area contributed by atoms with Gasteiger partial charge in [-0.2, -0.15) is 0 Å². The zero-order valence-electron chi connectivity index (χ0n) is 27.4. The summed E-state index contributed by atoms with van der Waals surface area (Å²) in [6, 6.07) is 12.1. The van der Waals surface area contributed by atoms with Crippen LogP contribution in [0.15, 0.2) is 36.4 Å². The van der Waals surface area contributed by atoms with E-state index >= 15 is 0 Å². The van der Waals surface area contributed by atoms with Crippen LogP contribution in [0.1, 0.15) is 108 Å². The summed E-state index contributed by atoms with van der Waals surface area (Å²) in [7, 11) is -1.45. The van der Waals surface area contributed by atoms with Gasteiger partial charge in [0, 0.05) is 29.1 Å². The summed E-state index contributed by atoms with van der Waals surface area (Å²) < 4.78 is 22.6. The monoisotopic (exact) mass is 628 g/mol. The van der Waals surface area contributed by atoms with Crippen molar-refractivity contribution >= 4 is 34.2 Å². The zero-order chi connectivity index (χ0) is 31.3. The number of ether oxygens (including phenoxy) is 1. The molecular formula is C36H53ClN2O3S. The Kier molecular flexibility index (Phi) is 11.7. The van der Waals surface area contributed by atoms with E-state index in [9.17, 15) is 9.00 Å². The smallest absolute Gasteiger partial charge is 0.263 e. The minimum absolute atomic E-state index is 0.108. The van der Waals surface area contributed by atoms with E-state index in [2.05, 4.69) is 49.4 Å². The molecule has 1 spiro atoms. The van der Waals surface area contributed by atoms with Gasteiger partial charge in [-0.3, -0.25) is 9.52 Å². The number of nitrogens with zero attached hydrogens (tertiary/aromatic N) is 1. The molecule has 6 unspecified atom stereocenters. The molecule has 2 aromatic rings. The van der Waals surface area contributed by atoms with Gasteiger partial charge in [0.2, 0.25) is 0 Å². The minimum atomic E-state index is -1.45. The number of carbonyl (C=O) groups is 1. The highest BCUT2D eigenvalue weighted by Crippen LogP contribution is 2.45. The van der Waals surface area contributed by atoms with E-state index in [1.165, 1.54) is 17.5 Å². The Bertz CT molecular complexity index is 1290. The highest BCUT2D eigenvalue weighted by molar-refractivity contribution is 7.84. The quantitative estimate of drug-likeness (QED) is 0.343. The van der Waals surface area contributed by atoms with Gasteiger partial charge in [-0.25, -0.2) is 4.21 Å². The molecule has 7 atom stereocenters. The zero-order valence-corrected chi connectivity index (χ0v) is 29.0. The van der Waals surface area contributed by atoms with E-state index in [0.717, 1.165) is 68.1 Å². The highest BCUT2D eigenvalue weighted by atomic mass is 35.5. The number of anilines is 1. The first-order valence-electron chi connectivity index (χ1n) is 16.6. The fourth-order valence-corrected chi connectivity index (χ4v) is 9.01. The normalized spacial score (nSPS) is 31.5. The highest BCUT2D eigenvalue weighted by Gasteiger charge is 2.42. The second kappa shape index (κ2) is 14.8. The predicted molar refractivity (Wildman–Crippen MR) is 182 cm³/mol. The summed E-state index contributed by atoms with van der Waals surface area (Å²) in [5.41, 5.74) is 4.01. The molecule has 2 heterocycles. The summed E-state index contributed by atoms with van der Waals surface area (Å²) in [6.45, 7) is 17.6. The van der Waals surface area contributed by atoms with Crippen molar-refractivity contribution in [3.8, 4) is 5.75 Å². The average Bonchev–Trinajstić information content (AvgIpc) is 3.14. The van der Waals surface area contributed by atoms with E-state index in [0.29, 0.717) is 29.9 Å². The van der Waals surface area contributed by atoms with Gasteiger partial charge >= 0.3 is 0 Å². The third kappa shape index (κ3) is 7.44. The molecule has 1 N–H and O–H groups in total. The number of hydrogen-bond donors (Lipinski definition) is 1. The van der Waals surface area contributed by atoms with Crippen LogP contribution in [0.3, 0.4) is 0 Å². The summed E-state index contributed by atoms with van der Waals surface area (Å²) in [5.74, 6) is 2.47. The van der Waals surface area contributed by atoms with Gasteiger partial charge in [-0.1, -0.05) is 78.5 Å². The molecule has 3 aliphatic rings. The number of halogens is 1. The Balaban J connectivity index is 0.00000207. The van der Waals surface area contributed by atoms with E-state index in [-0.39, 0.29) is 22.5 Å². The Morgan fingerprint density at radius 3 is 2.51 bits per heavy atom. The van der Waals surface area contributed by atoms with Gasteiger partial charge < -0.3 is 9.64 Å². The largest absolute Gasteiger partial charge is 0.490 e. The Hall–Kier alpha value is -2.05. The number of nitrogens with one attached hydrogen (secondary N) is 1. The van der Waals surface area contributed by atoms with Crippen molar-refractivity contribution in [1.29, 1.82) is 0 Å². The van der Waals surface area contributed by atoms with Crippen LogP contribution < -0.4 is 14.4 Å². The Morgan fingerprint density at radius 1 is 1.02 bits per heavy atom. The maximum Gasteiger partial charge on any atom is 0.263 e. The van der Waals surface area contributed by atoms with Crippen molar-refractivity contribution in [3.63, 3.8) is 0 Å².